The lowest BCUT2D eigenvalue weighted by molar-refractivity contribution is -0.161. The molecule has 0 aromatic carbocycles. The number of nitrogens with two attached hydrogens (primary N) is 1. The highest BCUT2D eigenvalue weighted by molar-refractivity contribution is 6.07. The minimum Gasteiger partial charge on any atom is -0.461 e. The van der Waals surface area contributed by atoms with Gasteiger partial charge in [0.1, 0.15) is 11.3 Å². The van der Waals surface area contributed by atoms with Crippen molar-refractivity contribution in [2.24, 2.45) is 10.7 Å². The van der Waals surface area contributed by atoms with Crippen molar-refractivity contribution in [1.82, 2.24) is 5.32 Å². The normalized spacial score (nSPS) is 22.2. The molecule has 0 bridgehead atoms. The van der Waals surface area contributed by atoms with E-state index in [2.05, 4.69) is 10.3 Å². The Morgan fingerprint density at radius 3 is 2.57 bits per heavy atom. The van der Waals surface area contributed by atoms with E-state index in [0.29, 0.717) is 56.9 Å². The van der Waals surface area contributed by atoms with E-state index in [9.17, 15) is 9.59 Å². The van der Waals surface area contributed by atoms with Crippen LogP contribution in [0.15, 0.2) is 16.3 Å². The van der Waals surface area contributed by atoms with Crippen molar-refractivity contribution in [2.75, 3.05) is 32.9 Å². The highest BCUT2D eigenvalue weighted by Crippen LogP contribution is 2.38. The van der Waals surface area contributed by atoms with Crippen molar-refractivity contribution in [3.8, 4) is 0 Å². The van der Waals surface area contributed by atoms with Gasteiger partial charge in [0, 0.05) is 30.7 Å². The molecule has 0 unspecified atom stereocenters. The maximum Gasteiger partial charge on any atom is 0.407 e. The number of carbonyl (C=O) groups excluding carboxylic acids is 2. The number of carbonyl (C=O) groups is 2. The Morgan fingerprint density at radius 2 is 1.96 bits per heavy atom. The Hall–Kier alpha value is -2.13. The van der Waals surface area contributed by atoms with E-state index in [1.807, 2.05) is 0 Å². The van der Waals surface area contributed by atoms with Gasteiger partial charge in [-0.3, -0.25) is 4.99 Å². The summed E-state index contributed by atoms with van der Waals surface area (Å²) in [6.07, 6.45) is 1.04. The van der Waals surface area contributed by atoms with Crippen LogP contribution in [-0.4, -0.2) is 62.1 Å². The number of nitrogens with one attached hydrogen (secondary N) is 1. The van der Waals surface area contributed by atoms with Crippen molar-refractivity contribution < 1.29 is 28.5 Å². The molecule has 1 aliphatic heterocycles. The molecular weight excluding hydrogens is 366 g/mol. The number of nitrogens with zero attached hydrogens (tertiary/aromatic N) is 1. The smallest absolute Gasteiger partial charge is 0.407 e. The number of aliphatic imine (C=N–C) groups is 1. The lowest BCUT2D eigenvalue weighted by atomic mass is 9.86. The van der Waals surface area contributed by atoms with Crippen LogP contribution >= 0.6 is 0 Å². The fourth-order valence-electron chi connectivity index (χ4n) is 3.08. The Kier molecular flexibility index (Phi) is 7.42. The van der Waals surface area contributed by atoms with Crippen LogP contribution in [0.3, 0.4) is 0 Å². The zero-order chi connectivity index (χ0) is 20.8. The van der Waals surface area contributed by atoms with Crippen LogP contribution in [0.5, 0.6) is 0 Å². The first-order chi connectivity index (χ1) is 13.2. The van der Waals surface area contributed by atoms with Gasteiger partial charge in [-0.15, -0.1) is 0 Å². The first-order valence-corrected chi connectivity index (χ1v) is 9.60. The van der Waals surface area contributed by atoms with Crippen molar-refractivity contribution in [1.29, 1.82) is 0 Å². The summed E-state index contributed by atoms with van der Waals surface area (Å²) < 4.78 is 21.7. The van der Waals surface area contributed by atoms with E-state index in [1.54, 1.807) is 27.7 Å². The van der Waals surface area contributed by atoms with Gasteiger partial charge in [-0.1, -0.05) is 0 Å². The van der Waals surface area contributed by atoms with Crippen LogP contribution in [0.4, 0.5) is 4.79 Å². The SMILES string of the molecule is CCOC(=O)/C(N)=C1\CC2(CCC1=NCCNC(=O)OC(C)(C)C)OCCO2. The lowest BCUT2D eigenvalue weighted by Crippen LogP contribution is -2.39. The minimum atomic E-state index is -0.750. The molecule has 2 aliphatic rings. The molecule has 1 aliphatic carbocycles. The fourth-order valence-corrected chi connectivity index (χ4v) is 3.08. The van der Waals surface area contributed by atoms with Gasteiger partial charge in [-0.05, 0) is 34.1 Å². The predicted molar refractivity (Wildman–Crippen MR) is 103 cm³/mol. The van der Waals surface area contributed by atoms with E-state index in [4.69, 9.17) is 24.7 Å². The molecule has 0 aromatic heterocycles. The van der Waals surface area contributed by atoms with Gasteiger partial charge >= 0.3 is 12.1 Å². The summed E-state index contributed by atoms with van der Waals surface area (Å²) in [7, 11) is 0. The topological polar surface area (TPSA) is 121 Å². The first kappa shape index (κ1) is 22.2. The number of hydrogen-bond acceptors (Lipinski definition) is 8. The van der Waals surface area contributed by atoms with Crippen LogP contribution < -0.4 is 11.1 Å². The molecule has 3 N–H and O–H groups in total. The molecule has 158 valence electrons. The average Bonchev–Trinajstić information content (AvgIpc) is 3.06. The molecule has 1 heterocycles. The number of alkyl carbamates (subject to hydrolysis) is 1. The molecule has 1 saturated heterocycles. The summed E-state index contributed by atoms with van der Waals surface area (Å²) in [6, 6.07) is 0. The van der Waals surface area contributed by atoms with Crippen LogP contribution in [0.1, 0.15) is 47.0 Å². The maximum atomic E-state index is 12.1. The number of hydrogen-bond donors (Lipinski definition) is 2. The van der Waals surface area contributed by atoms with Crippen molar-refractivity contribution >= 4 is 17.8 Å². The third-order valence-corrected chi connectivity index (χ3v) is 4.25. The molecule has 2 rings (SSSR count). The largest absolute Gasteiger partial charge is 0.461 e. The van der Waals surface area contributed by atoms with Gasteiger partial charge in [0.15, 0.2) is 5.79 Å². The lowest BCUT2D eigenvalue weighted by Gasteiger charge is -2.34. The Morgan fingerprint density at radius 1 is 1.29 bits per heavy atom. The van der Waals surface area contributed by atoms with Gasteiger partial charge in [0.05, 0.1) is 26.4 Å². The molecule has 0 atom stereocenters. The Labute approximate surface area is 165 Å². The van der Waals surface area contributed by atoms with Crippen LogP contribution in [0, 0.1) is 0 Å². The molecule has 1 saturated carbocycles. The summed E-state index contributed by atoms with van der Waals surface area (Å²) in [5.74, 6) is -1.33. The standard InChI is InChI=1S/C19H31N3O6/c1-5-25-16(23)15(20)13-12-19(26-10-11-27-19)7-6-14(13)21-8-9-22-17(24)28-18(2,3)4/h5-12,20H2,1-4H3,(H,22,24)/b15-13-,21-14?. The van der Waals surface area contributed by atoms with E-state index < -0.39 is 23.5 Å². The summed E-state index contributed by atoms with van der Waals surface area (Å²) in [4.78, 5) is 28.4. The third-order valence-electron chi connectivity index (χ3n) is 4.25. The molecule has 9 heteroatoms. The summed E-state index contributed by atoms with van der Waals surface area (Å²) in [5, 5.41) is 2.66. The van der Waals surface area contributed by atoms with Gasteiger partial charge in [0.25, 0.3) is 0 Å². The molecular formula is C19H31N3O6. The minimum absolute atomic E-state index is 0.0267. The van der Waals surface area contributed by atoms with Crippen LogP contribution in [-0.2, 0) is 23.7 Å². The van der Waals surface area contributed by atoms with E-state index in [1.165, 1.54) is 0 Å². The number of amides is 1. The second kappa shape index (κ2) is 9.38. The molecule has 1 spiro atoms. The monoisotopic (exact) mass is 397 g/mol. The molecule has 1 amide bonds. The van der Waals surface area contributed by atoms with Gasteiger partial charge in [-0.2, -0.15) is 0 Å². The summed E-state index contributed by atoms with van der Waals surface area (Å²) in [6.45, 7) is 9.02. The van der Waals surface area contributed by atoms with Crippen LogP contribution in [0.2, 0.25) is 0 Å². The van der Waals surface area contributed by atoms with E-state index >= 15 is 0 Å². The summed E-state index contributed by atoms with van der Waals surface area (Å²) >= 11 is 0. The highest BCUT2D eigenvalue weighted by Gasteiger charge is 2.43. The Bertz CT molecular complexity index is 645. The van der Waals surface area contributed by atoms with Crippen molar-refractivity contribution in [3.05, 3.63) is 11.3 Å². The molecule has 2 fully saturated rings. The quantitative estimate of drug-likeness (QED) is 0.411. The van der Waals surface area contributed by atoms with Crippen molar-refractivity contribution in [2.45, 2.75) is 58.3 Å². The number of esters is 1. The van der Waals surface area contributed by atoms with E-state index in [-0.39, 0.29) is 12.3 Å². The molecule has 28 heavy (non-hydrogen) atoms. The summed E-state index contributed by atoms with van der Waals surface area (Å²) in [5.41, 5.74) is 6.83. The van der Waals surface area contributed by atoms with Gasteiger partial charge in [-0.25, -0.2) is 9.59 Å². The highest BCUT2D eigenvalue weighted by atomic mass is 16.7. The predicted octanol–water partition coefficient (Wildman–Crippen LogP) is 1.66. The molecule has 0 aromatic rings. The zero-order valence-corrected chi connectivity index (χ0v) is 17.1. The van der Waals surface area contributed by atoms with Crippen molar-refractivity contribution in [3.63, 3.8) is 0 Å². The zero-order valence-electron chi connectivity index (χ0n) is 17.1. The fraction of sp³-hybridized carbons (Fsp3) is 0.737. The second-order valence-corrected chi connectivity index (χ2v) is 7.65. The van der Waals surface area contributed by atoms with Gasteiger partial charge < -0.3 is 30.0 Å². The average molecular weight is 397 g/mol. The number of ether oxygens (including phenoxy) is 4. The first-order valence-electron chi connectivity index (χ1n) is 9.60. The third kappa shape index (κ3) is 6.20. The molecule has 0 radical (unpaired) electrons. The van der Waals surface area contributed by atoms with E-state index in [0.717, 1.165) is 0 Å². The molecule has 9 nitrogen and oxygen atoms in total. The second-order valence-electron chi connectivity index (χ2n) is 7.65. The Balaban J connectivity index is 2.05. The number of rotatable bonds is 5. The van der Waals surface area contributed by atoms with Gasteiger partial charge in [0.2, 0.25) is 0 Å². The van der Waals surface area contributed by atoms with Crippen LogP contribution in [0.25, 0.3) is 0 Å². The maximum absolute atomic E-state index is 12.1.